The van der Waals surface area contributed by atoms with E-state index in [-0.39, 0.29) is 17.2 Å². The van der Waals surface area contributed by atoms with E-state index in [2.05, 4.69) is 10.4 Å². The maximum atomic E-state index is 12.9. The highest BCUT2D eigenvalue weighted by atomic mass is 16.2. The molecule has 1 atom stereocenters. The number of hydrogen-bond acceptors (Lipinski definition) is 4. The first-order valence-corrected chi connectivity index (χ1v) is 9.89. The number of hydrogen-bond donors (Lipinski definition) is 1. The molecule has 0 bridgehead atoms. The van der Waals surface area contributed by atoms with Crippen LogP contribution >= 0.6 is 0 Å². The van der Waals surface area contributed by atoms with E-state index in [1.165, 1.54) is 17.7 Å². The number of rotatable bonds is 6. The molecule has 0 radical (unpaired) electrons. The van der Waals surface area contributed by atoms with Gasteiger partial charge in [0.1, 0.15) is 6.04 Å². The second kappa shape index (κ2) is 8.86. The summed E-state index contributed by atoms with van der Waals surface area (Å²) >= 11 is 0. The molecule has 0 spiro atoms. The number of anilines is 1. The van der Waals surface area contributed by atoms with Gasteiger partial charge in [0.05, 0.1) is 5.69 Å². The molecule has 1 N–H and O–H groups in total. The van der Waals surface area contributed by atoms with E-state index < -0.39 is 6.04 Å². The molecule has 2 aromatic carbocycles. The lowest BCUT2D eigenvalue weighted by Crippen LogP contribution is -2.34. The number of benzene rings is 2. The van der Waals surface area contributed by atoms with Crippen LogP contribution in [0.1, 0.15) is 47.8 Å². The molecule has 1 unspecified atom stereocenters. The highest BCUT2D eigenvalue weighted by Crippen LogP contribution is 2.23. The van der Waals surface area contributed by atoms with Crippen LogP contribution in [0.25, 0.3) is 11.3 Å². The molecule has 0 saturated heterocycles. The zero-order valence-electron chi connectivity index (χ0n) is 17.6. The predicted octanol–water partition coefficient (Wildman–Crippen LogP) is 4.32. The van der Waals surface area contributed by atoms with Crippen LogP contribution in [0, 0.1) is 13.8 Å². The smallest absolute Gasteiger partial charge is 0.267 e. The monoisotopic (exact) mass is 403 g/mol. The summed E-state index contributed by atoms with van der Waals surface area (Å²) in [5.41, 5.74) is 4.50. The Morgan fingerprint density at radius 3 is 2.37 bits per heavy atom. The van der Waals surface area contributed by atoms with Crippen molar-refractivity contribution in [1.29, 1.82) is 0 Å². The van der Waals surface area contributed by atoms with Crippen molar-refractivity contribution in [2.24, 2.45) is 0 Å². The van der Waals surface area contributed by atoms with Crippen molar-refractivity contribution in [1.82, 2.24) is 9.78 Å². The lowest BCUT2D eigenvalue weighted by Gasteiger charge is -2.18. The zero-order chi connectivity index (χ0) is 21.8. The Labute approximate surface area is 175 Å². The minimum absolute atomic E-state index is 0.0432. The van der Waals surface area contributed by atoms with E-state index in [1.807, 2.05) is 39.0 Å². The lowest BCUT2D eigenvalue weighted by atomic mass is 10.0. The van der Waals surface area contributed by atoms with Crippen molar-refractivity contribution in [3.05, 3.63) is 81.6 Å². The van der Waals surface area contributed by atoms with Crippen molar-refractivity contribution in [3.63, 3.8) is 0 Å². The maximum absolute atomic E-state index is 12.9. The molecule has 0 saturated carbocycles. The number of aryl methyl sites for hydroxylation is 2. The maximum Gasteiger partial charge on any atom is 0.267 e. The molecule has 3 aromatic rings. The first kappa shape index (κ1) is 21.2. The zero-order valence-corrected chi connectivity index (χ0v) is 17.6. The van der Waals surface area contributed by atoms with Crippen LogP contribution in [-0.4, -0.2) is 21.5 Å². The molecule has 6 nitrogen and oxygen atoms in total. The van der Waals surface area contributed by atoms with Gasteiger partial charge in [0.25, 0.3) is 5.56 Å². The predicted molar refractivity (Wildman–Crippen MR) is 118 cm³/mol. The number of Topliss-reactive ketones (excluding diaryl/α,β-unsaturated/α-hetero) is 1. The number of nitrogens with one attached hydrogen (secondary N) is 1. The summed E-state index contributed by atoms with van der Waals surface area (Å²) in [6.07, 6.45) is 0.403. The highest BCUT2D eigenvalue weighted by molar-refractivity contribution is 5.96. The molecule has 1 heterocycles. The van der Waals surface area contributed by atoms with Gasteiger partial charge < -0.3 is 5.32 Å². The largest absolute Gasteiger partial charge is 0.324 e. The van der Waals surface area contributed by atoms with Gasteiger partial charge in [0.2, 0.25) is 5.91 Å². The van der Waals surface area contributed by atoms with E-state index in [0.717, 1.165) is 16.7 Å². The molecule has 0 aliphatic rings. The fraction of sp³-hybridized carbons (Fsp3) is 0.250. The SMILES string of the molecule is CCC(C(=O)Nc1ccc(C(C)=O)cc1)n1nc(-c2cc(C)ccc2C)ccc1=O. The van der Waals surface area contributed by atoms with Gasteiger partial charge in [-0.25, -0.2) is 4.68 Å². The molecule has 3 rings (SSSR count). The van der Waals surface area contributed by atoms with Crippen LogP contribution in [0.15, 0.2) is 59.4 Å². The Balaban J connectivity index is 1.92. The summed E-state index contributed by atoms with van der Waals surface area (Å²) in [5, 5.41) is 7.33. The molecule has 1 amide bonds. The van der Waals surface area contributed by atoms with Gasteiger partial charge in [-0.05, 0) is 69.2 Å². The normalized spacial score (nSPS) is 11.7. The number of amides is 1. The summed E-state index contributed by atoms with van der Waals surface area (Å²) in [6.45, 7) is 7.31. The quantitative estimate of drug-likeness (QED) is 0.622. The highest BCUT2D eigenvalue weighted by Gasteiger charge is 2.22. The molecular formula is C24H25N3O3. The molecule has 0 fully saturated rings. The third-order valence-electron chi connectivity index (χ3n) is 5.04. The third-order valence-corrected chi connectivity index (χ3v) is 5.04. The van der Waals surface area contributed by atoms with Gasteiger partial charge in [0.15, 0.2) is 5.78 Å². The average Bonchev–Trinajstić information content (AvgIpc) is 2.72. The fourth-order valence-corrected chi connectivity index (χ4v) is 3.29. The van der Waals surface area contributed by atoms with E-state index in [9.17, 15) is 14.4 Å². The van der Waals surface area contributed by atoms with Crippen LogP contribution < -0.4 is 10.9 Å². The Hall–Kier alpha value is -3.54. The Morgan fingerprint density at radius 2 is 1.73 bits per heavy atom. The van der Waals surface area contributed by atoms with Crippen molar-refractivity contribution < 1.29 is 9.59 Å². The molecule has 154 valence electrons. The molecule has 0 aliphatic heterocycles. The summed E-state index contributed by atoms with van der Waals surface area (Å²) in [7, 11) is 0. The minimum Gasteiger partial charge on any atom is -0.324 e. The van der Waals surface area contributed by atoms with Crippen LogP contribution in [0.4, 0.5) is 5.69 Å². The standard InChI is InChI=1S/C24H25N3O3/c1-5-22(24(30)25-19-10-8-18(9-11-19)17(4)28)27-23(29)13-12-21(26-27)20-14-15(2)6-7-16(20)3/h6-14,22H,5H2,1-4H3,(H,25,30). The van der Waals surface area contributed by atoms with E-state index in [1.54, 1.807) is 30.3 Å². The van der Waals surface area contributed by atoms with Crippen molar-refractivity contribution in [3.8, 4) is 11.3 Å². The summed E-state index contributed by atoms with van der Waals surface area (Å²) in [6, 6.07) is 15.1. The van der Waals surface area contributed by atoms with Crippen molar-refractivity contribution in [2.45, 2.75) is 40.2 Å². The summed E-state index contributed by atoms with van der Waals surface area (Å²) in [4.78, 5) is 36.8. The Kier molecular flexibility index (Phi) is 6.26. The third kappa shape index (κ3) is 4.54. The lowest BCUT2D eigenvalue weighted by molar-refractivity contribution is -0.119. The molecular weight excluding hydrogens is 378 g/mol. The van der Waals surface area contributed by atoms with Crippen LogP contribution in [0.5, 0.6) is 0 Å². The topological polar surface area (TPSA) is 81.1 Å². The number of carbonyl (C=O) groups excluding carboxylic acids is 2. The molecule has 0 aliphatic carbocycles. The van der Waals surface area contributed by atoms with Gasteiger partial charge in [-0.1, -0.05) is 24.6 Å². The Bertz CT molecular complexity index is 1150. The van der Waals surface area contributed by atoms with Crippen LogP contribution in [0.3, 0.4) is 0 Å². The van der Waals surface area contributed by atoms with Gasteiger partial charge in [0, 0.05) is 22.9 Å². The summed E-state index contributed by atoms with van der Waals surface area (Å²) < 4.78 is 1.25. The first-order chi connectivity index (χ1) is 14.3. The first-order valence-electron chi connectivity index (χ1n) is 9.89. The van der Waals surface area contributed by atoms with Gasteiger partial charge in [-0.15, -0.1) is 0 Å². The van der Waals surface area contributed by atoms with Gasteiger partial charge in [-0.2, -0.15) is 5.10 Å². The van der Waals surface area contributed by atoms with E-state index in [0.29, 0.717) is 23.4 Å². The van der Waals surface area contributed by atoms with Crippen LogP contribution in [0.2, 0.25) is 0 Å². The second-order valence-electron chi connectivity index (χ2n) is 7.37. The molecule has 30 heavy (non-hydrogen) atoms. The van der Waals surface area contributed by atoms with Crippen LogP contribution in [-0.2, 0) is 4.79 Å². The Morgan fingerprint density at radius 1 is 1.03 bits per heavy atom. The summed E-state index contributed by atoms with van der Waals surface area (Å²) in [5.74, 6) is -0.376. The van der Waals surface area contributed by atoms with E-state index >= 15 is 0 Å². The number of carbonyl (C=O) groups is 2. The van der Waals surface area contributed by atoms with Crippen molar-refractivity contribution >= 4 is 17.4 Å². The average molecular weight is 403 g/mol. The van der Waals surface area contributed by atoms with Gasteiger partial charge >= 0.3 is 0 Å². The van der Waals surface area contributed by atoms with Gasteiger partial charge in [-0.3, -0.25) is 14.4 Å². The van der Waals surface area contributed by atoms with E-state index in [4.69, 9.17) is 0 Å². The molecule has 6 heteroatoms. The van der Waals surface area contributed by atoms with Crippen molar-refractivity contribution in [2.75, 3.05) is 5.32 Å². The number of nitrogens with zero attached hydrogens (tertiary/aromatic N) is 2. The molecule has 1 aromatic heterocycles. The number of ketones is 1. The fourth-order valence-electron chi connectivity index (χ4n) is 3.29. The number of aromatic nitrogens is 2. The second-order valence-corrected chi connectivity index (χ2v) is 7.37. The minimum atomic E-state index is -0.755.